The van der Waals surface area contributed by atoms with Crippen molar-refractivity contribution < 1.29 is 8.78 Å². The second-order valence-electron chi connectivity index (χ2n) is 3.45. The predicted octanol–water partition coefficient (Wildman–Crippen LogP) is 3.04. The number of hydrogen-bond acceptors (Lipinski definition) is 2. The van der Waals surface area contributed by atoms with E-state index >= 15 is 0 Å². The maximum atomic E-state index is 13.1. The molecule has 1 unspecified atom stereocenters. The Labute approximate surface area is 92.7 Å². The Morgan fingerprint density at radius 1 is 1.53 bits per heavy atom. The van der Waals surface area contributed by atoms with Crippen LogP contribution in [0.15, 0.2) is 12.3 Å². The molecule has 0 amide bonds. The summed E-state index contributed by atoms with van der Waals surface area (Å²) in [4.78, 5) is 3.62. The Morgan fingerprint density at radius 2 is 2.27 bits per heavy atom. The lowest BCUT2D eigenvalue weighted by Gasteiger charge is -2.11. The van der Waals surface area contributed by atoms with E-state index in [1.807, 2.05) is 6.92 Å². The fraction of sp³-hybridized carbons (Fsp3) is 0.500. The molecular formula is C10H13ClF2N2. The lowest BCUT2D eigenvalue weighted by molar-refractivity contribution is 0.566. The highest BCUT2D eigenvalue weighted by atomic mass is 35.5. The van der Waals surface area contributed by atoms with Gasteiger partial charge in [0.05, 0.1) is 6.20 Å². The van der Waals surface area contributed by atoms with Gasteiger partial charge in [-0.1, -0.05) is 6.92 Å². The summed E-state index contributed by atoms with van der Waals surface area (Å²) in [6.45, 7) is 2.57. The third-order valence-electron chi connectivity index (χ3n) is 2.03. The molecule has 0 aliphatic rings. The lowest BCUT2D eigenvalue weighted by atomic mass is 10.1. The number of hydrogen-bond donors (Lipinski definition) is 1. The molecular weight excluding hydrogens is 222 g/mol. The summed E-state index contributed by atoms with van der Waals surface area (Å²) in [6.07, 6.45) is 1.83. The monoisotopic (exact) mass is 234 g/mol. The van der Waals surface area contributed by atoms with Crippen molar-refractivity contribution in [2.75, 3.05) is 17.7 Å². The number of pyridine rings is 1. The predicted molar refractivity (Wildman–Crippen MR) is 57.1 cm³/mol. The minimum Gasteiger partial charge on any atom is -0.367 e. The molecule has 1 heterocycles. The normalized spacial score (nSPS) is 12.5. The van der Waals surface area contributed by atoms with E-state index in [1.165, 1.54) is 0 Å². The first-order valence-electron chi connectivity index (χ1n) is 4.74. The van der Waals surface area contributed by atoms with E-state index in [9.17, 15) is 8.78 Å². The second kappa shape index (κ2) is 5.85. The maximum Gasteiger partial charge on any atom is 0.168 e. The largest absolute Gasteiger partial charge is 0.367 e. The molecule has 0 fully saturated rings. The van der Waals surface area contributed by atoms with Gasteiger partial charge in [0.2, 0.25) is 0 Å². The van der Waals surface area contributed by atoms with E-state index in [2.05, 4.69) is 10.3 Å². The summed E-state index contributed by atoms with van der Waals surface area (Å²) in [7, 11) is 0. The lowest BCUT2D eigenvalue weighted by Crippen LogP contribution is -2.13. The van der Waals surface area contributed by atoms with E-state index in [1.54, 1.807) is 0 Å². The third-order valence-corrected chi connectivity index (χ3v) is 2.25. The molecule has 0 spiro atoms. The Balaban J connectivity index is 2.50. The van der Waals surface area contributed by atoms with Gasteiger partial charge in [0.1, 0.15) is 5.82 Å². The number of aromatic nitrogens is 1. The van der Waals surface area contributed by atoms with Crippen LogP contribution in [0, 0.1) is 17.6 Å². The van der Waals surface area contributed by atoms with Gasteiger partial charge in [-0.05, 0) is 12.3 Å². The van der Waals surface area contributed by atoms with Gasteiger partial charge in [0.15, 0.2) is 11.6 Å². The highest BCUT2D eigenvalue weighted by Crippen LogP contribution is 2.12. The van der Waals surface area contributed by atoms with Crippen molar-refractivity contribution in [2.45, 2.75) is 13.3 Å². The molecule has 1 N–H and O–H groups in total. The van der Waals surface area contributed by atoms with Crippen LogP contribution >= 0.6 is 11.6 Å². The van der Waals surface area contributed by atoms with Crippen LogP contribution in [0.4, 0.5) is 14.6 Å². The molecule has 5 heteroatoms. The molecule has 0 aliphatic heterocycles. The Hall–Kier alpha value is -0.900. The second-order valence-corrected chi connectivity index (χ2v) is 3.83. The topological polar surface area (TPSA) is 24.9 Å². The smallest absolute Gasteiger partial charge is 0.168 e. The van der Waals surface area contributed by atoms with Crippen molar-refractivity contribution >= 4 is 17.4 Å². The summed E-state index contributed by atoms with van der Waals surface area (Å²) in [5, 5.41) is 2.81. The van der Waals surface area contributed by atoms with Crippen molar-refractivity contribution in [3.63, 3.8) is 0 Å². The summed E-state index contributed by atoms with van der Waals surface area (Å²) >= 11 is 5.56. The highest BCUT2D eigenvalue weighted by Gasteiger charge is 2.06. The maximum absolute atomic E-state index is 13.1. The molecule has 84 valence electrons. The van der Waals surface area contributed by atoms with Gasteiger partial charge < -0.3 is 5.32 Å². The zero-order chi connectivity index (χ0) is 11.3. The quantitative estimate of drug-likeness (QED) is 0.793. The minimum atomic E-state index is -0.674. The summed E-state index contributed by atoms with van der Waals surface area (Å²) in [6, 6.07) is 0.807. The van der Waals surface area contributed by atoms with Crippen molar-refractivity contribution in [3.05, 3.63) is 23.9 Å². The third kappa shape index (κ3) is 4.00. The molecule has 1 aromatic heterocycles. The van der Waals surface area contributed by atoms with Gasteiger partial charge in [-0.15, -0.1) is 11.6 Å². The molecule has 15 heavy (non-hydrogen) atoms. The van der Waals surface area contributed by atoms with Crippen LogP contribution in [0.2, 0.25) is 0 Å². The van der Waals surface area contributed by atoms with Crippen LogP contribution in [0.25, 0.3) is 0 Å². The number of anilines is 1. The van der Waals surface area contributed by atoms with E-state index in [-0.39, 0.29) is 5.82 Å². The number of halogens is 3. The van der Waals surface area contributed by atoms with Crippen LogP contribution in [0.1, 0.15) is 13.3 Å². The van der Waals surface area contributed by atoms with Gasteiger partial charge in [0.25, 0.3) is 0 Å². The van der Waals surface area contributed by atoms with Crippen molar-refractivity contribution in [2.24, 2.45) is 5.92 Å². The van der Waals surface area contributed by atoms with Gasteiger partial charge in [0, 0.05) is 18.5 Å². The molecule has 0 aromatic carbocycles. The van der Waals surface area contributed by atoms with Crippen LogP contribution in [0.3, 0.4) is 0 Å². The van der Waals surface area contributed by atoms with E-state index in [4.69, 9.17) is 11.6 Å². The van der Waals surface area contributed by atoms with E-state index < -0.39 is 11.6 Å². The van der Waals surface area contributed by atoms with Crippen molar-refractivity contribution in [1.29, 1.82) is 0 Å². The highest BCUT2D eigenvalue weighted by molar-refractivity contribution is 6.17. The van der Waals surface area contributed by atoms with E-state index in [0.29, 0.717) is 18.3 Å². The first kappa shape index (κ1) is 12.2. The minimum absolute atomic E-state index is 0.0813. The number of rotatable bonds is 5. The van der Waals surface area contributed by atoms with E-state index in [0.717, 1.165) is 18.7 Å². The zero-order valence-corrected chi connectivity index (χ0v) is 9.19. The number of nitrogens with zero attached hydrogens (tertiary/aromatic N) is 1. The van der Waals surface area contributed by atoms with Gasteiger partial charge in [-0.2, -0.15) is 0 Å². The van der Waals surface area contributed by atoms with Crippen LogP contribution in [0.5, 0.6) is 0 Å². The standard InChI is InChI=1S/C10H13ClF2N2/c1-7(2-3-11)5-14-10-9(13)4-8(12)6-15-10/h4,6-7H,2-3,5H2,1H3,(H,14,15). The molecule has 2 nitrogen and oxygen atoms in total. The first-order valence-corrected chi connectivity index (χ1v) is 5.27. The Morgan fingerprint density at radius 3 is 2.87 bits per heavy atom. The molecule has 0 radical (unpaired) electrons. The average Bonchev–Trinajstić information content (AvgIpc) is 2.17. The Bertz CT molecular complexity index is 320. The van der Waals surface area contributed by atoms with Crippen molar-refractivity contribution in [3.8, 4) is 0 Å². The zero-order valence-electron chi connectivity index (χ0n) is 8.43. The van der Waals surface area contributed by atoms with Crippen LogP contribution in [-0.4, -0.2) is 17.4 Å². The summed E-state index contributed by atoms with van der Waals surface area (Å²) in [5.74, 6) is -0.367. The van der Waals surface area contributed by atoms with Crippen molar-refractivity contribution in [1.82, 2.24) is 4.98 Å². The molecule has 0 saturated carbocycles. The fourth-order valence-corrected chi connectivity index (χ4v) is 1.48. The fourth-order valence-electron chi connectivity index (χ4n) is 1.10. The van der Waals surface area contributed by atoms with Gasteiger partial charge >= 0.3 is 0 Å². The summed E-state index contributed by atoms with van der Waals surface area (Å²) < 4.78 is 25.6. The number of nitrogens with one attached hydrogen (secondary N) is 1. The van der Waals surface area contributed by atoms with Gasteiger partial charge in [-0.3, -0.25) is 0 Å². The van der Waals surface area contributed by atoms with Gasteiger partial charge in [-0.25, -0.2) is 13.8 Å². The molecule has 1 aromatic rings. The molecule has 0 saturated heterocycles. The molecule has 1 atom stereocenters. The molecule has 0 aliphatic carbocycles. The first-order chi connectivity index (χ1) is 7.13. The molecule has 0 bridgehead atoms. The Kier molecular flexibility index (Phi) is 4.75. The summed E-state index contributed by atoms with van der Waals surface area (Å²) in [5.41, 5.74) is 0. The number of alkyl halides is 1. The molecule has 1 rings (SSSR count). The van der Waals surface area contributed by atoms with Crippen LogP contribution in [-0.2, 0) is 0 Å². The van der Waals surface area contributed by atoms with Crippen LogP contribution < -0.4 is 5.32 Å². The SMILES string of the molecule is CC(CCCl)CNc1ncc(F)cc1F. The average molecular weight is 235 g/mol.